The first kappa shape index (κ1) is 10.3. The van der Waals surface area contributed by atoms with Crippen molar-refractivity contribution in [2.45, 2.75) is 0 Å². The first-order chi connectivity index (χ1) is 7.20. The Morgan fingerprint density at radius 1 is 1.07 bits per heavy atom. The Morgan fingerprint density at radius 2 is 1.87 bits per heavy atom. The number of furan rings is 1. The van der Waals surface area contributed by atoms with Gasteiger partial charge in [-0.1, -0.05) is 29.8 Å². The van der Waals surface area contributed by atoms with Crippen LogP contribution in [0.4, 0.5) is 0 Å². The molecule has 0 N–H and O–H groups in total. The van der Waals surface area contributed by atoms with Gasteiger partial charge in [0.2, 0.25) is 0 Å². The summed E-state index contributed by atoms with van der Waals surface area (Å²) in [6, 6.07) is 9.10. The second kappa shape index (κ2) is 4.13. The van der Waals surface area contributed by atoms with E-state index in [-0.39, 0.29) is 0 Å². The maximum absolute atomic E-state index is 5.91. The lowest BCUT2D eigenvalue weighted by atomic mass is 10.2. The fourth-order valence-electron chi connectivity index (χ4n) is 1.27. The van der Waals surface area contributed by atoms with E-state index in [9.17, 15) is 0 Å². The summed E-state index contributed by atoms with van der Waals surface area (Å²) in [5.74, 6) is 1.49. The maximum atomic E-state index is 5.91. The largest absolute Gasteiger partial charge is 0.457 e. The average Bonchev–Trinajstić information content (AvgIpc) is 2.70. The van der Waals surface area contributed by atoms with E-state index in [0.717, 1.165) is 17.1 Å². The average molecular weight is 239 g/mol. The zero-order valence-corrected chi connectivity index (χ0v) is 9.35. The van der Waals surface area contributed by atoms with Gasteiger partial charge in [-0.2, -0.15) is 0 Å². The monoisotopic (exact) mass is 238 g/mol. The molecule has 0 aliphatic carbocycles. The van der Waals surface area contributed by atoms with Crippen LogP contribution in [0, 0.1) is 0 Å². The lowest BCUT2D eigenvalue weighted by Crippen LogP contribution is -1.74. The van der Waals surface area contributed by atoms with Gasteiger partial charge in [0, 0.05) is 5.56 Å². The molecule has 0 saturated heterocycles. The van der Waals surface area contributed by atoms with E-state index in [0.29, 0.717) is 10.0 Å². The number of halogens is 2. The molecule has 0 bridgehead atoms. The van der Waals surface area contributed by atoms with Crippen LogP contribution in [0.25, 0.3) is 17.4 Å². The van der Waals surface area contributed by atoms with Gasteiger partial charge in [-0.25, -0.2) is 0 Å². The Hall–Kier alpha value is -1.18. The minimum atomic E-state index is 0.519. The van der Waals surface area contributed by atoms with Crippen molar-refractivity contribution in [3.63, 3.8) is 0 Å². The molecule has 0 spiro atoms. The molecule has 2 rings (SSSR count). The molecule has 15 heavy (non-hydrogen) atoms. The molecule has 1 heterocycles. The number of hydrogen-bond donors (Lipinski definition) is 0. The summed E-state index contributed by atoms with van der Waals surface area (Å²) in [5, 5.41) is 1.06. The highest BCUT2D eigenvalue weighted by Gasteiger charge is 2.05. The van der Waals surface area contributed by atoms with Gasteiger partial charge in [-0.05, 0) is 36.4 Å². The molecule has 1 aromatic carbocycles. The highest BCUT2D eigenvalue weighted by atomic mass is 35.5. The second-order valence-electron chi connectivity index (χ2n) is 3.04. The summed E-state index contributed by atoms with van der Waals surface area (Å²) >= 11 is 11.7. The van der Waals surface area contributed by atoms with Gasteiger partial charge in [0.1, 0.15) is 11.5 Å². The van der Waals surface area contributed by atoms with Crippen molar-refractivity contribution in [1.82, 2.24) is 0 Å². The van der Waals surface area contributed by atoms with Gasteiger partial charge in [-0.3, -0.25) is 0 Å². The van der Waals surface area contributed by atoms with E-state index >= 15 is 0 Å². The van der Waals surface area contributed by atoms with Crippen molar-refractivity contribution in [2.24, 2.45) is 0 Å². The van der Waals surface area contributed by atoms with Crippen LogP contribution in [0.15, 0.2) is 41.3 Å². The first-order valence-corrected chi connectivity index (χ1v) is 5.14. The Bertz CT molecular complexity index is 500. The van der Waals surface area contributed by atoms with Crippen LogP contribution in [0.5, 0.6) is 0 Å². The summed E-state index contributed by atoms with van der Waals surface area (Å²) in [4.78, 5) is 0. The van der Waals surface area contributed by atoms with Gasteiger partial charge in [-0.15, -0.1) is 0 Å². The Kier molecular flexibility index (Phi) is 2.85. The highest BCUT2D eigenvalue weighted by molar-refractivity contribution is 6.42. The molecule has 76 valence electrons. The van der Waals surface area contributed by atoms with Crippen LogP contribution >= 0.6 is 23.2 Å². The summed E-state index contributed by atoms with van der Waals surface area (Å²) in [6.45, 7) is 3.63. The lowest BCUT2D eigenvalue weighted by molar-refractivity contribution is 0.572. The Labute approximate surface area is 97.9 Å². The number of rotatable bonds is 2. The standard InChI is InChI=1S/C12H8Cl2O/c1-2-9-4-6-12(15-9)8-3-5-10(13)11(14)7-8/h2-7H,1H2. The summed E-state index contributed by atoms with van der Waals surface area (Å²) in [6.07, 6.45) is 1.65. The zero-order chi connectivity index (χ0) is 10.8. The molecule has 0 atom stereocenters. The maximum Gasteiger partial charge on any atom is 0.134 e. The predicted molar refractivity (Wildman–Crippen MR) is 64.3 cm³/mol. The van der Waals surface area contributed by atoms with Crippen LogP contribution in [-0.2, 0) is 0 Å². The van der Waals surface area contributed by atoms with Crippen molar-refractivity contribution in [3.8, 4) is 11.3 Å². The van der Waals surface area contributed by atoms with Gasteiger partial charge in [0.25, 0.3) is 0 Å². The third kappa shape index (κ3) is 2.09. The van der Waals surface area contributed by atoms with Crippen molar-refractivity contribution >= 4 is 29.3 Å². The van der Waals surface area contributed by atoms with E-state index < -0.39 is 0 Å². The van der Waals surface area contributed by atoms with Crippen molar-refractivity contribution in [2.75, 3.05) is 0 Å². The Balaban J connectivity index is 2.44. The molecule has 1 nitrogen and oxygen atoms in total. The van der Waals surface area contributed by atoms with Gasteiger partial charge >= 0.3 is 0 Å². The van der Waals surface area contributed by atoms with E-state index in [1.807, 2.05) is 18.2 Å². The van der Waals surface area contributed by atoms with Crippen LogP contribution in [0.2, 0.25) is 10.0 Å². The van der Waals surface area contributed by atoms with E-state index in [1.54, 1.807) is 18.2 Å². The molecule has 0 aliphatic heterocycles. The van der Waals surface area contributed by atoms with Crippen LogP contribution < -0.4 is 0 Å². The Morgan fingerprint density at radius 3 is 2.47 bits per heavy atom. The van der Waals surface area contributed by atoms with Crippen LogP contribution in [0.3, 0.4) is 0 Å². The van der Waals surface area contributed by atoms with Crippen LogP contribution in [0.1, 0.15) is 5.76 Å². The molecule has 0 saturated carbocycles. The zero-order valence-electron chi connectivity index (χ0n) is 7.84. The topological polar surface area (TPSA) is 13.1 Å². The second-order valence-corrected chi connectivity index (χ2v) is 3.85. The molecule has 0 radical (unpaired) electrons. The summed E-state index contributed by atoms with van der Waals surface area (Å²) in [7, 11) is 0. The van der Waals surface area contributed by atoms with E-state index in [2.05, 4.69) is 6.58 Å². The molecule has 1 aromatic heterocycles. The molecule has 0 fully saturated rings. The minimum Gasteiger partial charge on any atom is -0.457 e. The number of hydrogen-bond acceptors (Lipinski definition) is 1. The molecule has 0 aliphatic rings. The molecular weight excluding hydrogens is 231 g/mol. The lowest BCUT2D eigenvalue weighted by Gasteiger charge is -1.99. The van der Waals surface area contributed by atoms with E-state index in [4.69, 9.17) is 27.6 Å². The van der Waals surface area contributed by atoms with Crippen LogP contribution in [-0.4, -0.2) is 0 Å². The van der Waals surface area contributed by atoms with Gasteiger partial charge in [0.15, 0.2) is 0 Å². The fraction of sp³-hybridized carbons (Fsp3) is 0. The molecule has 0 amide bonds. The number of benzene rings is 1. The fourth-order valence-corrected chi connectivity index (χ4v) is 1.57. The normalized spacial score (nSPS) is 10.3. The molecule has 0 unspecified atom stereocenters. The smallest absolute Gasteiger partial charge is 0.134 e. The molecular formula is C12H8Cl2O. The summed E-state index contributed by atoms with van der Waals surface area (Å²) in [5.41, 5.74) is 0.900. The predicted octanol–water partition coefficient (Wildman–Crippen LogP) is 4.90. The molecule has 2 aromatic rings. The third-order valence-electron chi connectivity index (χ3n) is 2.03. The van der Waals surface area contributed by atoms with Gasteiger partial charge in [0.05, 0.1) is 10.0 Å². The first-order valence-electron chi connectivity index (χ1n) is 4.38. The molecule has 3 heteroatoms. The summed E-state index contributed by atoms with van der Waals surface area (Å²) < 4.78 is 5.49. The van der Waals surface area contributed by atoms with Gasteiger partial charge < -0.3 is 4.42 Å². The third-order valence-corrected chi connectivity index (χ3v) is 2.77. The van der Waals surface area contributed by atoms with Crippen molar-refractivity contribution in [1.29, 1.82) is 0 Å². The highest BCUT2D eigenvalue weighted by Crippen LogP contribution is 2.29. The SMILES string of the molecule is C=Cc1ccc(-c2ccc(Cl)c(Cl)c2)o1. The van der Waals surface area contributed by atoms with Crippen molar-refractivity contribution < 1.29 is 4.42 Å². The quantitative estimate of drug-likeness (QED) is 0.726. The van der Waals surface area contributed by atoms with Crippen molar-refractivity contribution in [3.05, 3.63) is 52.7 Å². The minimum absolute atomic E-state index is 0.519. The van der Waals surface area contributed by atoms with E-state index in [1.165, 1.54) is 0 Å².